The van der Waals surface area contributed by atoms with Gasteiger partial charge in [0.15, 0.2) is 0 Å². The minimum absolute atomic E-state index is 0.132. The van der Waals surface area contributed by atoms with Crippen molar-refractivity contribution in [2.75, 3.05) is 0 Å². The summed E-state index contributed by atoms with van der Waals surface area (Å²) in [6.07, 6.45) is 6.53. The molecule has 3 rings (SSSR count). The van der Waals surface area contributed by atoms with E-state index in [4.69, 9.17) is 0 Å². The molecule has 2 aliphatic carbocycles. The fourth-order valence-corrected chi connectivity index (χ4v) is 2.44. The third kappa shape index (κ3) is 1.88. The number of amides is 1. The second kappa shape index (κ2) is 4.17. The molecule has 17 heavy (non-hydrogen) atoms. The minimum atomic E-state index is -0.132. The molecule has 2 aliphatic rings. The molecule has 0 spiro atoms. The molecule has 0 aliphatic heterocycles. The number of nitrogens with one attached hydrogen (secondary N) is 1. The topological polar surface area (TPSA) is 41.5 Å². The van der Waals surface area contributed by atoms with Gasteiger partial charge in [-0.2, -0.15) is 5.10 Å². The lowest BCUT2D eigenvalue weighted by Crippen LogP contribution is -2.35. The lowest BCUT2D eigenvalue weighted by molar-refractivity contribution is 0.0954. The van der Waals surface area contributed by atoms with Crippen molar-refractivity contribution in [3.05, 3.63) is 48.0 Å². The van der Waals surface area contributed by atoms with E-state index in [-0.39, 0.29) is 5.91 Å². The molecule has 0 bridgehead atoms. The van der Waals surface area contributed by atoms with Crippen molar-refractivity contribution in [3.8, 4) is 0 Å². The molecule has 1 aromatic carbocycles. The molecular formula is C14H14N2O. The molecule has 0 heterocycles. The zero-order chi connectivity index (χ0) is 11.7. The standard InChI is InChI=1S/C14H14N2O/c17-14(10-5-2-1-3-6-10)16-15-13-9-11-7-4-8-12(11)13/h1-7,11-12H,8-9H2,(H,16,17)/b15-13-/t11-,12-/m0/s1. The van der Waals surface area contributed by atoms with Crippen molar-refractivity contribution in [2.45, 2.75) is 12.8 Å². The average molecular weight is 226 g/mol. The van der Waals surface area contributed by atoms with Gasteiger partial charge in [-0.15, -0.1) is 0 Å². The quantitative estimate of drug-likeness (QED) is 0.610. The van der Waals surface area contributed by atoms with Crippen molar-refractivity contribution in [2.24, 2.45) is 16.9 Å². The molecule has 3 nitrogen and oxygen atoms in total. The molecule has 0 aromatic heterocycles. The lowest BCUT2D eigenvalue weighted by Gasteiger charge is -2.31. The van der Waals surface area contributed by atoms with Crippen LogP contribution in [0, 0.1) is 11.8 Å². The Labute approximate surface area is 100 Å². The summed E-state index contributed by atoms with van der Waals surface area (Å²) in [6.45, 7) is 0. The minimum Gasteiger partial charge on any atom is -0.267 e. The highest BCUT2D eigenvalue weighted by atomic mass is 16.2. The molecule has 1 N–H and O–H groups in total. The molecule has 1 amide bonds. The number of hydrogen-bond donors (Lipinski definition) is 1. The van der Waals surface area contributed by atoms with Crippen molar-refractivity contribution >= 4 is 11.6 Å². The number of carbonyl (C=O) groups excluding carboxylic acids is 1. The Hall–Kier alpha value is -1.90. The SMILES string of the molecule is O=C(N/N=C1/C[C@@H]2C=CC[C@H]12)c1ccccc1. The second-order valence-corrected chi connectivity index (χ2v) is 4.55. The Morgan fingerprint density at radius 2 is 2.12 bits per heavy atom. The van der Waals surface area contributed by atoms with Crippen LogP contribution in [-0.2, 0) is 0 Å². The largest absolute Gasteiger partial charge is 0.271 e. The van der Waals surface area contributed by atoms with Crippen LogP contribution < -0.4 is 5.43 Å². The summed E-state index contributed by atoms with van der Waals surface area (Å²) in [6, 6.07) is 9.17. The zero-order valence-corrected chi connectivity index (χ0v) is 9.47. The first-order valence-electron chi connectivity index (χ1n) is 5.93. The van der Waals surface area contributed by atoms with E-state index in [0.29, 0.717) is 17.4 Å². The predicted octanol–water partition coefficient (Wildman–Crippen LogP) is 2.37. The summed E-state index contributed by atoms with van der Waals surface area (Å²) in [4.78, 5) is 11.7. The van der Waals surface area contributed by atoms with Gasteiger partial charge in [0.05, 0.1) is 0 Å². The van der Waals surface area contributed by atoms with Crippen molar-refractivity contribution in [3.63, 3.8) is 0 Å². The van der Waals surface area contributed by atoms with Crippen LogP contribution in [0.2, 0.25) is 0 Å². The molecule has 2 atom stereocenters. The van der Waals surface area contributed by atoms with Crippen molar-refractivity contribution < 1.29 is 4.79 Å². The first-order chi connectivity index (χ1) is 8.34. The van der Waals surface area contributed by atoms with Crippen molar-refractivity contribution in [1.29, 1.82) is 0 Å². The van der Waals surface area contributed by atoms with Gasteiger partial charge in [0.2, 0.25) is 0 Å². The van der Waals surface area contributed by atoms with E-state index in [1.807, 2.05) is 18.2 Å². The van der Waals surface area contributed by atoms with E-state index in [9.17, 15) is 4.79 Å². The molecule has 1 aromatic rings. The van der Waals surface area contributed by atoms with Crippen molar-refractivity contribution in [1.82, 2.24) is 5.43 Å². The van der Waals surface area contributed by atoms with Gasteiger partial charge in [-0.1, -0.05) is 30.4 Å². The van der Waals surface area contributed by atoms with E-state index in [1.54, 1.807) is 12.1 Å². The van der Waals surface area contributed by atoms with Gasteiger partial charge in [0.25, 0.3) is 5.91 Å². The fourth-order valence-electron chi connectivity index (χ4n) is 2.44. The summed E-state index contributed by atoms with van der Waals surface area (Å²) < 4.78 is 0. The van der Waals surface area contributed by atoms with E-state index in [1.165, 1.54) is 0 Å². The van der Waals surface area contributed by atoms with Crippen LogP contribution in [0.3, 0.4) is 0 Å². The highest BCUT2D eigenvalue weighted by molar-refractivity contribution is 5.98. The summed E-state index contributed by atoms with van der Waals surface area (Å²) >= 11 is 0. The normalized spacial score (nSPS) is 27.6. The van der Waals surface area contributed by atoms with E-state index in [2.05, 4.69) is 22.7 Å². The molecule has 1 saturated carbocycles. The van der Waals surface area contributed by atoms with E-state index < -0.39 is 0 Å². The monoisotopic (exact) mass is 226 g/mol. The summed E-state index contributed by atoms with van der Waals surface area (Å²) in [5.41, 5.74) is 4.41. The number of hydrogen-bond acceptors (Lipinski definition) is 2. The molecular weight excluding hydrogens is 212 g/mol. The van der Waals surface area contributed by atoms with Gasteiger partial charge in [0.1, 0.15) is 0 Å². The number of rotatable bonds is 2. The molecule has 86 valence electrons. The number of fused-ring (bicyclic) bond motifs is 1. The molecule has 1 fully saturated rings. The van der Waals surface area contributed by atoms with Gasteiger partial charge >= 0.3 is 0 Å². The maximum Gasteiger partial charge on any atom is 0.271 e. The van der Waals surface area contributed by atoms with Crippen LogP contribution in [0.1, 0.15) is 23.2 Å². The number of hydrazone groups is 1. The third-order valence-corrected chi connectivity index (χ3v) is 3.50. The van der Waals surface area contributed by atoms with Gasteiger partial charge in [-0.05, 0) is 30.9 Å². The fraction of sp³-hybridized carbons (Fsp3) is 0.286. The Kier molecular flexibility index (Phi) is 2.52. The van der Waals surface area contributed by atoms with E-state index >= 15 is 0 Å². The van der Waals surface area contributed by atoms with Crippen LogP contribution in [0.25, 0.3) is 0 Å². The highest BCUT2D eigenvalue weighted by Gasteiger charge is 2.37. The first kappa shape index (κ1) is 10.3. The summed E-state index contributed by atoms with van der Waals surface area (Å²) in [5.74, 6) is 1.08. The number of nitrogens with zero attached hydrogens (tertiary/aromatic N) is 1. The molecule has 0 radical (unpaired) electrons. The summed E-state index contributed by atoms with van der Waals surface area (Å²) in [7, 11) is 0. The Balaban J connectivity index is 1.62. The predicted molar refractivity (Wildman–Crippen MR) is 66.7 cm³/mol. The maximum absolute atomic E-state index is 11.7. The smallest absolute Gasteiger partial charge is 0.267 e. The van der Waals surface area contributed by atoms with Crippen LogP contribution in [0.4, 0.5) is 0 Å². The second-order valence-electron chi connectivity index (χ2n) is 4.55. The van der Waals surface area contributed by atoms with Gasteiger partial charge in [-0.25, -0.2) is 5.43 Å². The zero-order valence-electron chi connectivity index (χ0n) is 9.47. The van der Waals surface area contributed by atoms with Gasteiger partial charge in [-0.3, -0.25) is 4.79 Å². The Morgan fingerprint density at radius 1 is 1.29 bits per heavy atom. The number of carbonyl (C=O) groups is 1. The van der Waals surface area contributed by atoms with E-state index in [0.717, 1.165) is 18.6 Å². The molecule has 0 saturated heterocycles. The first-order valence-corrected chi connectivity index (χ1v) is 5.93. The average Bonchev–Trinajstić information content (AvgIpc) is 2.72. The highest BCUT2D eigenvalue weighted by Crippen LogP contribution is 2.39. The van der Waals surface area contributed by atoms with Crippen LogP contribution in [0.5, 0.6) is 0 Å². The maximum atomic E-state index is 11.7. The molecule has 0 unspecified atom stereocenters. The van der Waals surface area contributed by atoms with Gasteiger partial charge < -0.3 is 0 Å². The Morgan fingerprint density at radius 3 is 2.88 bits per heavy atom. The third-order valence-electron chi connectivity index (χ3n) is 3.50. The van der Waals surface area contributed by atoms with Crippen LogP contribution in [0.15, 0.2) is 47.6 Å². The lowest BCUT2D eigenvalue weighted by atomic mass is 9.74. The van der Waals surface area contributed by atoms with Crippen LogP contribution >= 0.6 is 0 Å². The molecule has 3 heteroatoms. The summed E-state index contributed by atoms with van der Waals surface area (Å²) in [5, 5.41) is 4.23. The number of benzene rings is 1. The van der Waals surface area contributed by atoms with Crippen LogP contribution in [-0.4, -0.2) is 11.6 Å². The van der Waals surface area contributed by atoms with Gasteiger partial charge in [0, 0.05) is 17.2 Å². The number of allylic oxidation sites excluding steroid dienone is 2. The Bertz CT molecular complexity index is 490.